The van der Waals surface area contributed by atoms with Crippen LogP contribution in [0.5, 0.6) is 0 Å². The van der Waals surface area contributed by atoms with Crippen LogP contribution in [0.2, 0.25) is 0 Å². The molecular weight excluding hydrogens is 329 g/mol. The Hall–Kier alpha value is -0.460. The lowest BCUT2D eigenvalue weighted by molar-refractivity contribution is 0.0711. The lowest BCUT2D eigenvalue weighted by atomic mass is 10.1. The number of hydrogen-bond donors (Lipinski definition) is 1. The smallest absolute Gasteiger partial charge is 0.176 e. The third kappa shape index (κ3) is 3.76. The molecule has 0 unspecified atom stereocenters. The van der Waals surface area contributed by atoms with Crippen molar-refractivity contribution >= 4 is 28.4 Å². The van der Waals surface area contributed by atoms with Crippen molar-refractivity contribution in [3.05, 3.63) is 33.4 Å². The topological polar surface area (TPSA) is 40.5 Å². The molecule has 1 N–H and O–H groups in total. The van der Waals surface area contributed by atoms with E-state index in [4.69, 9.17) is 0 Å². The van der Waals surface area contributed by atoms with Crippen LogP contribution in [-0.2, 0) is 0 Å². The van der Waals surface area contributed by atoms with Gasteiger partial charge in [-0.05, 0) is 47.6 Å². The zero-order valence-corrected chi connectivity index (χ0v) is 11.8. The molecule has 0 amide bonds. The predicted octanol–water partition coefficient (Wildman–Crippen LogP) is 1.93. The van der Waals surface area contributed by atoms with Crippen molar-refractivity contribution in [2.24, 2.45) is 0 Å². The second-order valence-electron chi connectivity index (χ2n) is 4.44. The summed E-state index contributed by atoms with van der Waals surface area (Å²) in [5.41, 5.74) is 0.775. The number of benzene rings is 1. The molecule has 3 nitrogen and oxygen atoms in total. The minimum absolute atomic E-state index is 0.165. The minimum atomic E-state index is -0.181. The Balaban J connectivity index is 1.91. The van der Waals surface area contributed by atoms with E-state index in [9.17, 15) is 9.90 Å². The van der Waals surface area contributed by atoms with E-state index in [1.807, 2.05) is 24.3 Å². The number of carbonyl (C=O) groups excluding carboxylic acids is 1. The second kappa shape index (κ2) is 5.93. The van der Waals surface area contributed by atoms with Crippen LogP contribution in [0.1, 0.15) is 23.2 Å². The number of halogens is 1. The largest absolute Gasteiger partial charge is 0.393 e. The lowest BCUT2D eigenvalue weighted by Crippen LogP contribution is -2.39. The fourth-order valence-corrected chi connectivity index (χ4v) is 2.37. The van der Waals surface area contributed by atoms with Crippen molar-refractivity contribution in [2.45, 2.75) is 18.9 Å². The van der Waals surface area contributed by atoms with Crippen LogP contribution in [0, 0.1) is 3.57 Å². The molecule has 1 aliphatic heterocycles. The van der Waals surface area contributed by atoms with Gasteiger partial charge >= 0.3 is 0 Å². The minimum Gasteiger partial charge on any atom is -0.393 e. The number of aliphatic hydroxyl groups excluding tert-OH is 1. The summed E-state index contributed by atoms with van der Waals surface area (Å²) in [7, 11) is 0. The highest BCUT2D eigenvalue weighted by Crippen LogP contribution is 2.12. The van der Waals surface area contributed by atoms with Crippen molar-refractivity contribution in [3.63, 3.8) is 0 Å². The van der Waals surface area contributed by atoms with Crippen LogP contribution in [0.25, 0.3) is 0 Å². The number of piperidine rings is 1. The van der Waals surface area contributed by atoms with Gasteiger partial charge < -0.3 is 5.11 Å². The molecule has 0 radical (unpaired) electrons. The van der Waals surface area contributed by atoms with Gasteiger partial charge in [-0.1, -0.05) is 12.1 Å². The van der Waals surface area contributed by atoms with Gasteiger partial charge in [0.1, 0.15) is 0 Å². The standard InChI is InChI=1S/C13H16INO2/c14-11-3-1-10(2-4-11)13(17)9-15-7-5-12(16)6-8-15/h1-4,12,16H,5-9H2. The molecule has 0 aliphatic carbocycles. The SMILES string of the molecule is O=C(CN1CCC(O)CC1)c1ccc(I)cc1. The monoisotopic (exact) mass is 345 g/mol. The average molecular weight is 345 g/mol. The Morgan fingerprint density at radius 2 is 1.88 bits per heavy atom. The third-order valence-corrected chi connectivity index (χ3v) is 3.81. The van der Waals surface area contributed by atoms with Gasteiger partial charge in [0.2, 0.25) is 0 Å². The maximum absolute atomic E-state index is 12.0. The molecule has 1 aromatic carbocycles. The summed E-state index contributed by atoms with van der Waals surface area (Å²) >= 11 is 2.23. The van der Waals surface area contributed by atoms with E-state index in [1.54, 1.807) is 0 Å². The maximum Gasteiger partial charge on any atom is 0.176 e. The van der Waals surface area contributed by atoms with Gasteiger partial charge in [0.05, 0.1) is 12.6 Å². The Bertz CT molecular complexity index is 383. The second-order valence-corrected chi connectivity index (χ2v) is 5.68. The first-order valence-electron chi connectivity index (χ1n) is 5.84. The van der Waals surface area contributed by atoms with Crippen molar-refractivity contribution in [1.82, 2.24) is 4.90 Å². The summed E-state index contributed by atoms with van der Waals surface area (Å²) in [6, 6.07) is 7.66. The number of nitrogens with zero attached hydrogens (tertiary/aromatic N) is 1. The number of ketones is 1. The molecule has 0 aromatic heterocycles. The third-order valence-electron chi connectivity index (χ3n) is 3.09. The van der Waals surface area contributed by atoms with Crippen LogP contribution < -0.4 is 0 Å². The van der Waals surface area contributed by atoms with Gasteiger partial charge in [-0.2, -0.15) is 0 Å². The molecular formula is C13H16INO2. The van der Waals surface area contributed by atoms with Gasteiger partial charge in [0.25, 0.3) is 0 Å². The molecule has 1 aromatic rings. The summed E-state index contributed by atoms with van der Waals surface area (Å²) in [5.74, 6) is 0.165. The van der Waals surface area contributed by atoms with Crippen molar-refractivity contribution in [1.29, 1.82) is 0 Å². The molecule has 0 saturated carbocycles. The maximum atomic E-state index is 12.0. The number of rotatable bonds is 3. The molecule has 1 heterocycles. The summed E-state index contributed by atoms with van der Waals surface area (Å²) in [6.07, 6.45) is 1.37. The van der Waals surface area contributed by atoms with Crippen molar-refractivity contribution < 1.29 is 9.90 Å². The normalized spacial score (nSPS) is 18.2. The van der Waals surface area contributed by atoms with E-state index in [1.165, 1.54) is 0 Å². The quantitative estimate of drug-likeness (QED) is 0.672. The van der Waals surface area contributed by atoms with Crippen LogP contribution >= 0.6 is 22.6 Å². The molecule has 1 saturated heterocycles. The fourth-order valence-electron chi connectivity index (χ4n) is 2.01. The van der Waals surface area contributed by atoms with E-state index >= 15 is 0 Å². The number of carbonyl (C=O) groups is 1. The summed E-state index contributed by atoms with van der Waals surface area (Å²) in [6.45, 7) is 2.10. The van der Waals surface area contributed by atoms with Crippen molar-refractivity contribution in [2.75, 3.05) is 19.6 Å². The highest BCUT2D eigenvalue weighted by Gasteiger charge is 2.19. The van der Waals surface area contributed by atoms with Gasteiger partial charge in [-0.15, -0.1) is 0 Å². The molecule has 0 atom stereocenters. The van der Waals surface area contributed by atoms with Crippen LogP contribution in [0.3, 0.4) is 0 Å². The molecule has 92 valence electrons. The van der Waals surface area contributed by atoms with Gasteiger partial charge in [0, 0.05) is 22.2 Å². The zero-order valence-electron chi connectivity index (χ0n) is 9.60. The molecule has 4 heteroatoms. The van der Waals surface area contributed by atoms with E-state index < -0.39 is 0 Å². The molecule has 2 rings (SSSR count). The molecule has 1 aliphatic rings. The first-order chi connectivity index (χ1) is 8.15. The Kier molecular flexibility index (Phi) is 4.53. The number of hydrogen-bond acceptors (Lipinski definition) is 3. The van der Waals surface area contributed by atoms with E-state index in [2.05, 4.69) is 27.5 Å². The first kappa shape index (κ1) is 13.0. The molecule has 1 fully saturated rings. The molecule has 17 heavy (non-hydrogen) atoms. The van der Waals surface area contributed by atoms with Crippen LogP contribution in [0.4, 0.5) is 0 Å². The number of Topliss-reactive ketones (excluding diaryl/α,β-unsaturated/α-hetero) is 1. The lowest BCUT2D eigenvalue weighted by Gasteiger charge is -2.28. The highest BCUT2D eigenvalue weighted by atomic mass is 127. The average Bonchev–Trinajstić information content (AvgIpc) is 2.33. The Morgan fingerprint density at radius 1 is 1.29 bits per heavy atom. The van der Waals surface area contributed by atoms with Crippen LogP contribution in [-0.4, -0.2) is 41.5 Å². The molecule has 0 bridgehead atoms. The molecule has 0 spiro atoms. The van der Waals surface area contributed by atoms with E-state index in [0.717, 1.165) is 35.1 Å². The van der Waals surface area contributed by atoms with Crippen LogP contribution in [0.15, 0.2) is 24.3 Å². The first-order valence-corrected chi connectivity index (χ1v) is 6.92. The van der Waals surface area contributed by atoms with Gasteiger partial charge in [-0.25, -0.2) is 0 Å². The Morgan fingerprint density at radius 3 is 2.47 bits per heavy atom. The number of likely N-dealkylation sites (tertiary alicyclic amines) is 1. The predicted molar refractivity (Wildman–Crippen MR) is 75.2 cm³/mol. The Labute approximate surface area is 115 Å². The van der Waals surface area contributed by atoms with E-state index in [-0.39, 0.29) is 11.9 Å². The summed E-state index contributed by atoms with van der Waals surface area (Å²) < 4.78 is 1.14. The van der Waals surface area contributed by atoms with Gasteiger partial charge in [-0.3, -0.25) is 9.69 Å². The summed E-state index contributed by atoms with van der Waals surface area (Å²) in [4.78, 5) is 14.1. The fraction of sp³-hybridized carbons (Fsp3) is 0.462. The van der Waals surface area contributed by atoms with Crippen molar-refractivity contribution in [3.8, 4) is 0 Å². The number of aliphatic hydroxyl groups is 1. The highest BCUT2D eigenvalue weighted by molar-refractivity contribution is 14.1. The van der Waals surface area contributed by atoms with E-state index in [0.29, 0.717) is 6.54 Å². The van der Waals surface area contributed by atoms with Gasteiger partial charge in [0.15, 0.2) is 5.78 Å². The summed E-state index contributed by atoms with van der Waals surface area (Å²) in [5, 5.41) is 9.40. The zero-order chi connectivity index (χ0) is 12.3.